The summed E-state index contributed by atoms with van der Waals surface area (Å²) in [4.78, 5) is 42.3. The summed E-state index contributed by atoms with van der Waals surface area (Å²) in [6, 6.07) is 7.13. The van der Waals surface area contributed by atoms with E-state index in [0.29, 0.717) is 31.7 Å². The molecule has 0 aromatic carbocycles. The summed E-state index contributed by atoms with van der Waals surface area (Å²) in [6.45, 7) is 1.27. The third-order valence-electron chi connectivity index (χ3n) is 4.71. The molecule has 0 saturated carbocycles. The number of aromatic nitrogens is 3. The maximum Gasteiger partial charge on any atom is 0.332 e. The number of hydrogen-bond acceptors (Lipinski definition) is 5. The number of nitrogens with one attached hydrogen (secondary N) is 1. The number of rotatable bonds is 5. The summed E-state index contributed by atoms with van der Waals surface area (Å²) in [5, 5.41) is 3.03. The Kier molecular flexibility index (Phi) is 5.20. The van der Waals surface area contributed by atoms with E-state index >= 15 is 0 Å². The lowest BCUT2D eigenvalue weighted by atomic mass is 10.2. The van der Waals surface area contributed by atoms with Gasteiger partial charge in [-0.3, -0.25) is 23.7 Å². The van der Waals surface area contributed by atoms with Crippen molar-refractivity contribution in [3.8, 4) is 0 Å². The normalized spacial score (nSPS) is 16.7. The molecular formula is C18H23N5O3. The predicted molar refractivity (Wildman–Crippen MR) is 98.2 cm³/mol. The van der Waals surface area contributed by atoms with Crippen LogP contribution in [0.4, 0.5) is 5.82 Å². The van der Waals surface area contributed by atoms with Crippen molar-refractivity contribution >= 4 is 11.7 Å². The van der Waals surface area contributed by atoms with Gasteiger partial charge in [0.25, 0.3) is 5.56 Å². The van der Waals surface area contributed by atoms with Crippen LogP contribution in [0, 0.1) is 0 Å². The minimum atomic E-state index is -0.352. The third-order valence-corrected chi connectivity index (χ3v) is 4.71. The lowest BCUT2D eigenvalue weighted by Gasteiger charge is -2.21. The van der Waals surface area contributed by atoms with Crippen molar-refractivity contribution in [2.75, 3.05) is 18.0 Å². The van der Waals surface area contributed by atoms with E-state index in [2.05, 4.69) is 10.3 Å². The molecule has 0 radical (unpaired) electrons. The van der Waals surface area contributed by atoms with Gasteiger partial charge in [0.2, 0.25) is 5.91 Å². The smallest absolute Gasteiger partial charge is 0.332 e. The first-order valence-corrected chi connectivity index (χ1v) is 8.67. The Morgan fingerprint density at radius 3 is 2.81 bits per heavy atom. The van der Waals surface area contributed by atoms with Crippen molar-refractivity contribution in [2.45, 2.75) is 25.3 Å². The summed E-state index contributed by atoms with van der Waals surface area (Å²) in [6.07, 6.45) is 3.49. The van der Waals surface area contributed by atoms with Crippen molar-refractivity contribution in [1.82, 2.24) is 19.4 Å². The minimum absolute atomic E-state index is 0.00499. The van der Waals surface area contributed by atoms with E-state index in [-0.39, 0.29) is 23.2 Å². The van der Waals surface area contributed by atoms with Crippen molar-refractivity contribution in [3.05, 3.63) is 57.0 Å². The van der Waals surface area contributed by atoms with Crippen LogP contribution in [0.15, 0.2) is 40.1 Å². The minimum Gasteiger partial charge on any atom is -0.356 e. The predicted octanol–water partition coefficient (Wildman–Crippen LogP) is -0.193. The van der Waals surface area contributed by atoms with Crippen molar-refractivity contribution < 1.29 is 4.79 Å². The van der Waals surface area contributed by atoms with Crippen LogP contribution in [-0.2, 0) is 25.3 Å². The number of aryl methyl sites for hydroxylation is 1. The van der Waals surface area contributed by atoms with Crippen molar-refractivity contribution in [3.63, 3.8) is 0 Å². The third kappa shape index (κ3) is 3.84. The second-order valence-electron chi connectivity index (χ2n) is 6.56. The first-order chi connectivity index (χ1) is 12.5. The lowest BCUT2D eigenvalue weighted by molar-refractivity contribution is -0.121. The topological polar surface area (TPSA) is 89.2 Å². The van der Waals surface area contributed by atoms with Crippen LogP contribution in [0.25, 0.3) is 0 Å². The van der Waals surface area contributed by atoms with E-state index < -0.39 is 0 Å². The Morgan fingerprint density at radius 1 is 1.27 bits per heavy atom. The monoisotopic (exact) mass is 357 g/mol. The molecule has 8 heteroatoms. The molecule has 3 rings (SSSR count). The van der Waals surface area contributed by atoms with Gasteiger partial charge in [0.05, 0.1) is 0 Å². The van der Waals surface area contributed by atoms with E-state index in [0.717, 1.165) is 16.7 Å². The summed E-state index contributed by atoms with van der Waals surface area (Å²) in [5.74, 6) is 0.573. The van der Waals surface area contributed by atoms with Gasteiger partial charge < -0.3 is 10.2 Å². The maximum atomic E-state index is 12.2. The van der Waals surface area contributed by atoms with E-state index in [1.807, 2.05) is 23.1 Å². The van der Waals surface area contributed by atoms with Crippen LogP contribution >= 0.6 is 0 Å². The number of pyridine rings is 1. The van der Waals surface area contributed by atoms with Crippen LogP contribution in [0.5, 0.6) is 0 Å². The molecule has 26 heavy (non-hydrogen) atoms. The Bertz CT molecular complexity index is 903. The Labute approximate surface area is 151 Å². The van der Waals surface area contributed by atoms with E-state index in [4.69, 9.17) is 0 Å². The fourth-order valence-corrected chi connectivity index (χ4v) is 3.20. The zero-order valence-corrected chi connectivity index (χ0v) is 15.0. The molecule has 1 fully saturated rings. The number of hydrogen-bond donors (Lipinski definition) is 1. The highest BCUT2D eigenvalue weighted by Gasteiger charge is 2.26. The molecule has 2 aromatic rings. The average molecular weight is 357 g/mol. The highest BCUT2D eigenvalue weighted by molar-refractivity contribution is 5.76. The molecule has 0 bridgehead atoms. The Morgan fingerprint density at radius 2 is 2.08 bits per heavy atom. The molecule has 1 N–H and O–H groups in total. The quantitative estimate of drug-likeness (QED) is 0.801. The first-order valence-electron chi connectivity index (χ1n) is 8.67. The van der Waals surface area contributed by atoms with Crippen LogP contribution in [0.2, 0.25) is 0 Å². The maximum absolute atomic E-state index is 12.2. The Hall–Kier alpha value is -2.90. The number of carbonyl (C=O) groups excluding carboxylic acids is 1. The Balaban J connectivity index is 1.58. The zero-order valence-electron chi connectivity index (χ0n) is 15.0. The molecule has 1 amide bonds. The highest BCUT2D eigenvalue weighted by atomic mass is 16.2. The van der Waals surface area contributed by atoms with Crippen LogP contribution < -0.4 is 21.5 Å². The van der Waals surface area contributed by atoms with Crippen LogP contribution in [-0.4, -0.2) is 39.2 Å². The molecule has 0 spiro atoms. The SMILES string of the molecule is Cn1c(N2CC[C@@H](NC(=O)CCc3ccccn3)C2)cc(=O)n(C)c1=O. The lowest BCUT2D eigenvalue weighted by Crippen LogP contribution is -2.41. The summed E-state index contributed by atoms with van der Waals surface area (Å²) >= 11 is 0. The van der Waals surface area contributed by atoms with Gasteiger partial charge in [-0.25, -0.2) is 4.79 Å². The fraction of sp³-hybridized carbons (Fsp3) is 0.444. The molecular weight excluding hydrogens is 334 g/mol. The summed E-state index contributed by atoms with van der Waals surface area (Å²) in [7, 11) is 3.11. The van der Waals surface area contributed by atoms with E-state index in [9.17, 15) is 14.4 Å². The van der Waals surface area contributed by atoms with Gasteiger partial charge in [-0.05, 0) is 25.0 Å². The molecule has 1 aliphatic rings. The van der Waals surface area contributed by atoms with Gasteiger partial charge in [-0.1, -0.05) is 6.07 Å². The molecule has 1 aliphatic heterocycles. The molecule has 2 aromatic heterocycles. The molecule has 138 valence electrons. The van der Waals surface area contributed by atoms with E-state index in [1.54, 1.807) is 13.2 Å². The van der Waals surface area contributed by atoms with Crippen LogP contribution in [0.3, 0.4) is 0 Å². The molecule has 0 unspecified atom stereocenters. The first kappa shape index (κ1) is 17.9. The number of nitrogens with zero attached hydrogens (tertiary/aromatic N) is 4. The standard InChI is InChI=1S/C18H23N5O3/c1-21-16(11-17(25)22(2)18(21)26)23-10-8-14(12-23)20-15(24)7-6-13-5-3-4-9-19-13/h3-5,9,11,14H,6-8,10,12H2,1-2H3,(H,20,24)/t14-/m1/s1. The number of amides is 1. The molecule has 8 nitrogen and oxygen atoms in total. The van der Waals surface area contributed by atoms with Crippen LogP contribution in [0.1, 0.15) is 18.5 Å². The second-order valence-corrected chi connectivity index (χ2v) is 6.56. The van der Waals surface area contributed by atoms with Gasteiger partial charge in [0.15, 0.2) is 0 Å². The molecule has 1 atom stereocenters. The van der Waals surface area contributed by atoms with Gasteiger partial charge in [-0.15, -0.1) is 0 Å². The molecule has 1 saturated heterocycles. The van der Waals surface area contributed by atoms with Gasteiger partial charge >= 0.3 is 5.69 Å². The molecule has 3 heterocycles. The van der Waals surface area contributed by atoms with Gasteiger partial charge in [-0.2, -0.15) is 0 Å². The molecule has 0 aliphatic carbocycles. The van der Waals surface area contributed by atoms with Crippen molar-refractivity contribution in [1.29, 1.82) is 0 Å². The van der Waals surface area contributed by atoms with Gasteiger partial charge in [0.1, 0.15) is 5.82 Å². The number of anilines is 1. The van der Waals surface area contributed by atoms with Crippen molar-refractivity contribution in [2.24, 2.45) is 14.1 Å². The number of carbonyl (C=O) groups is 1. The largest absolute Gasteiger partial charge is 0.356 e. The highest BCUT2D eigenvalue weighted by Crippen LogP contribution is 2.17. The fourth-order valence-electron chi connectivity index (χ4n) is 3.20. The average Bonchev–Trinajstić information content (AvgIpc) is 3.10. The zero-order chi connectivity index (χ0) is 18.7. The summed E-state index contributed by atoms with van der Waals surface area (Å²) < 4.78 is 2.54. The van der Waals surface area contributed by atoms with Gasteiger partial charge in [0, 0.05) is 57.6 Å². The summed E-state index contributed by atoms with van der Waals surface area (Å²) in [5.41, 5.74) is 0.215. The second kappa shape index (κ2) is 7.55. The van der Waals surface area contributed by atoms with E-state index in [1.165, 1.54) is 17.7 Å².